The van der Waals surface area contributed by atoms with Crippen LogP contribution in [0.1, 0.15) is 25.0 Å². The maximum Gasteiger partial charge on any atom is 0.245 e. The average Bonchev–Trinajstić information content (AvgIpc) is 2.62. The van der Waals surface area contributed by atoms with E-state index < -0.39 is 27.8 Å². The number of hydrogen-bond acceptors (Lipinski definition) is 4. The first-order chi connectivity index (χ1) is 12.7. The highest BCUT2D eigenvalue weighted by Crippen LogP contribution is 2.25. The molecule has 146 valence electrons. The molecule has 0 heterocycles. The number of methoxy groups -OCH3 is 1. The molecular weight excluding hydrogens is 371 g/mol. The molecule has 0 aliphatic heterocycles. The normalized spacial score (nSPS) is 12.5. The van der Waals surface area contributed by atoms with Crippen molar-refractivity contribution in [2.24, 2.45) is 0 Å². The molecule has 6 nitrogen and oxygen atoms in total. The van der Waals surface area contributed by atoms with E-state index in [0.717, 1.165) is 29.7 Å². The molecule has 2 aromatic rings. The second kappa shape index (κ2) is 8.49. The van der Waals surface area contributed by atoms with Crippen molar-refractivity contribution in [3.8, 4) is 5.75 Å². The Balaban J connectivity index is 2.23. The van der Waals surface area contributed by atoms with Crippen molar-refractivity contribution >= 4 is 21.6 Å². The number of carbonyl (C=O) groups is 1. The quantitative estimate of drug-likeness (QED) is 0.756. The minimum absolute atomic E-state index is 0.0105. The molecule has 0 spiro atoms. The zero-order valence-corrected chi connectivity index (χ0v) is 16.5. The van der Waals surface area contributed by atoms with Crippen molar-refractivity contribution in [2.75, 3.05) is 12.4 Å². The van der Waals surface area contributed by atoms with Crippen molar-refractivity contribution in [3.63, 3.8) is 0 Å². The number of carbonyl (C=O) groups excluding carboxylic acids is 1. The second-order valence-corrected chi connectivity index (χ2v) is 7.77. The van der Waals surface area contributed by atoms with Crippen molar-refractivity contribution in [2.45, 2.75) is 38.1 Å². The van der Waals surface area contributed by atoms with E-state index in [1.807, 2.05) is 32.0 Å². The number of hydrogen-bond donors (Lipinski definition) is 2. The SMILES string of the molecule is CCc1cccc(C)c1NC(=O)C(C)NS(=O)(=O)c1cc(F)ccc1OC. The summed E-state index contributed by atoms with van der Waals surface area (Å²) in [7, 11) is -2.88. The van der Waals surface area contributed by atoms with Gasteiger partial charge in [0, 0.05) is 5.69 Å². The summed E-state index contributed by atoms with van der Waals surface area (Å²) in [5.41, 5.74) is 2.49. The van der Waals surface area contributed by atoms with E-state index in [1.165, 1.54) is 20.1 Å². The lowest BCUT2D eigenvalue weighted by atomic mass is 10.1. The number of halogens is 1. The van der Waals surface area contributed by atoms with Gasteiger partial charge in [0.25, 0.3) is 0 Å². The van der Waals surface area contributed by atoms with Crippen LogP contribution in [0.15, 0.2) is 41.3 Å². The Bertz CT molecular complexity index is 945. The molecule has 2 aromatic carbocycles. The van der Waals surface area contributed by atoms with Crippen LogP contribution in [0, 0.1) is 12.7 Å². The minimum Gasteiger partial charge on any atom is -0.495 e. The third-order valence-electron chi connectivity index (χ3n) is 4.13. The summed E-state index contributed by atoms with van der Waals surface area (Å²) >= 11 is 0. The van der Waals surface area contributed by atoms with E-state index >= 15 is 0 Å². The Morgan fingerprint density at radius 2 is 1.96 bits per heavy atom. The third kappa shape index (κ3) is 4.84. The highest BCUT2D eigenvalue weighted by atomic mass is 32.2. The monoisotopic (exact) mass is 394 g/mol. The van der Waals surface area contributed by atoms with Gasteiger partial charge in [-0.25, -0.2) is 12.8 Å². The van der Waals surface area contributed by atoms with Gasteiger partial charge in [-0.2, -0.15) is 4.72 Å². The van der Waals surface area contributed by atoms with Gasteiger partial charge >= 0.3 is 0 Å². The van der Waals surface area contributed by atoms with Gasteiger partial charge < -0.3 is 10.1 Å². The maximum absolute atomic E-state index is 13.5. The molecular formula is C19H23FN2O4S. The summed E-state index contributed by atoms with van der Waals surface area (Å²) in [5.74, 6) is -1.25. The van der Waals surface area contributed by atoms with Crippen LogP contribution in [0.2, 0.25) is 0 Å². The molecule has 0 saturated carbocycles. The molecule has 0 aromatic heterocycles. The Morgan fingerprint density at radius 1 is 1.26 bits per heavy atom. The van der Waals surface area contributed by atoms with Gasteiger partial charge in [-0.05, 0) is 49.6 Å². The molecule has 0 saturated heterocycles. The van der Waals surface area contributed by atoms with Gasteiger partial charge in [-0.1, -0.05) is 25.1 Å². The molecule has 0 fully saturated rings. The van der Waals surface area contributed by atoms with Gasteiger partial charge in [0.2, 0.25) is 15.9 Å². The molecule has 1 unspecified atom stereocenters. The highest BCUT2D eigenvalue weighted by Gasteiger charge is 2.26. The summed E-state index contributed by atoms with van der Waals surface area (Å²) < 4.78 is 45.9. The number of aryl methyl sites for hydroxylation is 2. The lowest BCUT2D eigenvalue weighted by Gasteiger charge is -2.18. The zero-order chi connectivity index (χ0) is 20.2. The summed E-state index contributed by atoms with van der Waals surface area (Å²) in [6, 6.07) is 7.74. The number of rotatable bonds is 7. The van der Waals surface area contributed by atoms with Gasteiger partial charge in [-0.15, -0.1) is 0 Å². The molecule has 2 rings (SSSR count). The molecule has 0 radical (unpaired) electrons. The largest absolute Gasteiger partial charge is 0.495 e. The zero-order valence-electron chi connectivity index (χ0n) is 15.7. The van der Waals surface area contributed by atoms with Crippen molar-refractivity contribution in [3.05, 3.63) is 53.3 Å². The van der Waals surface area contributed by atoms with E-state index in [9.17, 15) is 17.6 Å². The van der Waals surface area contributed by atoms with Crippen LogP contribution in [-0.2, 0) is 21.2 Å². The molecule has 8 heteroatoms. The first-order valence-corrected chi connectivity index (χ1v) is 9.93. The Morgan fingerprint density at radius 3 is 2.59 bits per heavy atom. The predicted molar refractivity (Wildman–Crippen MR) is 102 cm³/mol. The lowest BCUT2D eigenvalue weighted by molar-refractivity contribution is -0.117. The van der Waals surface area contributed by atoms with Crippen LogP contribution >= 0.6 is 0 Å². The number of benzene rings is 2. The van der Waals surface area contributed by atoms with Crippen molar-refractivity contribution in [1.82, 2.24) is 4.72 Å². The summed E-state index contributed by atoms with van der Waals surface area (Å²) in [6.45, 7) is 5.25. The maximum atomic E-state index is 13.5. The molecule has 27 heavy (non-hydrogen) atoms. The molecule has 0 bridgehead atoms. The Kier molecular flexibility index (Phi) is 6.56. The van der Waals surface area contributed by atoms with Crippen molar-refractivity contribution < 1.29 is 22.3 Å². The minimum atomic E-state index is -4.16. The fourth-order valence-corrected chi connectivity index (χ4v) is 4.03. The number of amides is 1. The van der Waals surface area contributed by atoms with Gasteiger partial charge in [0.05, 0.1) is 13.2 Å². The van der Waals surface area contributed by atoms with E-state index in [-0.39, 0.29) is 10.6 Å². The van der Waals surface area contributed by atoms with Gasteiger partial charge in [-0.3, -0.25) is 4.79 Å². The highest BCUT2D eigenvalue weighted by molar-refractivity contribution is 7.89. The van der Waals surface area contributed by atoms with Crippen LogP contribution in [0.3, 0.4) is 0 Å². The lowest BCUT2D eigenvalue weighted by Crippen LogP contribution is -2.41. The van der Waals surface area contributed by atoms with Crippen LogP contribution in [0.25, 0.3) is 0 Å². The fourth-order valence-electron chi connectivity index (χ4n) is 2.64. The Hall–Kier alpha value is -2.45. The predicted octanol–water partition coefficient (Wildman–Crippen LogP) is 3.01. The molecule has 1 amide bonds. The first kappa shape index (κ1) is 20.9. The second-order valence-electron chi connectivity index (χ2n) is 6.09. The Labute approximate surface area is 158 Å². The smallest absolute Gasteiger partial charge is 0.245 e. The summed E-state index contributed by atoms with van der Waals surface area (Å²) in [4.78, 5) is 12.2. The van der Waals surface area contributed by atoms with Gasteiger partial charge in [0.1, 0.15) is 16.5 Å². The number of para-hydroxylation sites is 1. The third-order valence-corrected chi connectivity index (χ3v) is 5.69. The van der Waals surface area contributed by atoms with E-state index in [4.69, 9.17) is 4.74 Å². The number of anilines is 1. The number of ether oxygens (including phenoxy) is 1. The number of sulfonamides is 1. The van der Waals surface area contributed by atoms with Crippen LogP contribution < -0.4 is 14.8 Å². The topological polar surface area (TPSA) is 84.5 Å². The summed E-state index contributed by atoms with van der Waals surface area (Å²) in [6.07, 6.45) is 0.720. The fraction of sp³-hybridized carbons (Fsp3) is 0.316. The van der Waals surface area contributed by atoms with Crippen LogP contribution in [0.5, 0.6) is 5.75 Å². The molecule has 2 N–H and O–H groups in total. The molecule has 0 aliphatic carbocycles. The van der Waals surface area contributed by atoms with Crippen LogP contribution in [0.4, 0.5) is 10.1 Å². The standard InChI is InChI=1S/C19H23FN2O4S/c1-5-14-8-6-7-12(2)18(14)21-19(23)13(3)22-27(24,25)17-11-15(20)9-10-16(17)26-4/h6-11,13,22H,5H2,1-4H3,(H,21,23). The van der Waals surface area contributed by atoms with Crippen LogP contribution in [-0.4, -0.2) is 27.5 Å². The van der Waals surface area contributed by atoms with Gasteiger partial charge in [0.15, 0.2) is 0 Å². The average molecular weight is 394 g/mol. The van der Waals surface area contributed by atoms with Crippen molar-refractivity contribution in [1.29, 1.82) is 0 Å². The molecule has 1 atom stereocenters. The molecule has 0 aliphatic rings. The number of nitrogens with one attached hydrogen (secondary N) is 2. The summed E-state index contributed by atoms with van der Waals surface area (Å²) in [5, 5.41) is 2.77. The van der Waals surface area contributed by atoms with E-state index in [1.54, 1.807) is 0 Å². The first-order valence-electron chi connectivity index (χ1n) is 8.44. The van der Waals surface area contributed by atoms with E-state index in [2.05, 4.69) is 10.0 Å². The van der Waals surface area contributed by atoms with E-state index in [0.29, 0.717) is 5.69 Å².